The van der Waals surface area contributed by atoms with Crippen LogP contribution in [0, 0.1) is 0 Å². The third-order valence-corrected chi connectivity index (χ3v) is 3.05. The first kappa shape index (κ1) is 12.6. The average Bonchev–Trinajstić information content (AvgIpc) is 2.33. The second-order valence-electron chi connectivity index (χ2n) is 3.99. The summed E-state index contributed by atoms with van der Waals surface area (Å²) < 4.78 is 0.933. The van der Waals surface area contributed by atoms with Crippen LogP contribution in [0.2, 0.25) is 0 Å². The van der Waals surface area contributed by atoms with Crippen LogP contribution in [0.5, 0.6) is 0 Å². The van der Waals surface area contributed by atoms with E-state index >= 15 is 0 Å². The number of Topliss-reactive ketones (excluding diaryl/α,β-unsaturated/α-hetero) is 1. The Morgan fingerprint density at radius 1 is 1.22 bits per heavy atom. The van der Waals surface area contributed by atoms with Crippen molar-refractivity contribution in [2.75, 3.05) is 11.1 Å². The molecule has 2 rings (SSSR count). The summed E-state index contributed by atoms with van der Waals surface area (Å²) in [6.45, 7) is 1.55. The summed E-state index contributed by atoms with van der Waals surface area (Å²) in [6, 6.07) is 13.0. The molecule has 4 heteroatoms. The molecule has 2 aromatic rings. The zero-order valence-electron chi connectivity index (χ0n) is 9.91. The summed E-state index contributed by atoms with van der Waals surface area (Å²) in [5.41, 5.74) is 8.90. The van der Waals surface area contributed by atoms with Crippen molar-refractivity contribution in [2.45, 2.75) is 6.92 Å². The van der Waals surface area contributed by atoms with E-state index in [0.29, 0.717) is 11.3 Å². The largest absolute Gasteiger partial charge is 0.397 e. The Morgan fingerprint density at radius 3 is 2.67 bits per heavy atom. The minimum atomic E-state index is 0.0439. The number of carbonyl (C=O) groups excluding carboxylic acids is 1. The molecule has 0 aliphatic heterocycles. The highest BCUT2D eigenvalue weighted by atomic mass is 79.9. The third-order valence-electron chi connectivity index (χ3n) is 2.56. The number of hydrogen-bond acceptors (Lipinski definition) is 3. The number of halogens is 1. The maximum atomic E-state index is 11.3. The fourth-order valence-corrected chi connectivity index (χ4v) is 2.00. The standard InChI is InChI=1S/C14H13BrN2O/c1-9(18)10-3-2-4-12(7-10)17-14-6-5-11(15)8-13(14)16/h2-8,17H,16H2,1H3. The van der Waals surface area contributed by atoms with E-state index in [2.05, 4.69) is 21.2 Å². The van der Waals surface area contributed by atoms with E-state index in [-0.39, 0.29) is 5.78 Å². The monoisotopic (exact) mass is 304 g/mol. The summed E-state index contributed by atoms with van der Waals surface area (Å²) in [7, 11) is 0. The molecule has 0 aliphatic carbocycles. The number of anilines is 3. The lowest BCUT2D eigenvalue weighted by atomic mass is 10.1. The Bertz CT molecular complexity index is 596. The van der Waals surface area contributed by atoms with Gasteiger partial charge in [-0.15, -0.1) is 0 Å². The molecule has 0 aromatic heterocycles. The number of rotatable bonds is 3. The highest BCUT2D eigenvalue weighted by molar-refractivity contribution is 9.10. The molecular weight excluding hydrogens is 292 g/mol. The molecule has 0 heterocycles. The van der Waals surface area contributed by atoms with Crippen LogP contribution < -0.4 is 11.1 Å². The molecule has 0 amide bonds. The van der Waals surface area contributed by atoms with Crippen LogP contribution in [0.25, 0.3) is 0 Å². The molecule has 92 valence electrons. The zero-order valence-corrected chi connectivity index (χ0v) is 11.5. The summed E-state index contributed by atoms with van der Waals surface area (Å²) >= 11 is 3.36. The Morgan fingerprint density at radius 2 is 2.00 bits per heavy atom. The molecule has 0 aliphatic rings. The van der Waals surface area contributed by atoms with Gasteiger partial charge in [0.2, 0.25) is 0 Å². The second kappa shape index (κ2) is 5.23. The van der Waals surface area contributed by atoms with Crippen LogP contribution >= 0.6 is 15.9 Å². The van der Waals surface area contributed by atoms with Gasteiger partial charge in [0, 0.05) is 15.7 Å². The van der Waals surface area contributed by atoms with Crippen molar-refractivity contribution in [1.82, 2.24) is 0 Å². The smallest absolute Gasteiger partial charge is 0.159 e. The van der Waals surface area contributed by atoms with Crippen molar-refractivity contribution in [3.8, 4) is 0 Å². The summed E-state index contributed by atoms with van der Waals surface area (Å²) in [5, 5.41) is 3.20. The average molecular weight is 305 g/mol. The van der Waals surface area contributed by atoms with Crippen molar-refractivity contribution >= 4 is 38.8 Å². The number of benzene rings is 2. The van der Waals surface area contributed by atoms with Crippen LogP contribution in [0.3, 0.4) is 0 Å². The highest BCUT2D eigenvalue weighted by Gasteiger charge is 2.03. The molecule has 0 saturated heterocycles. The van der Waals surface area contributed by atoms with Crippen LogP contribution in [0.4, 0.5) is 17.1 Å². The molecule has 18 heavy (non-hydrogen) atoms. The first-order valence-electron chi connectivity index (χ1n) is 5.49. The molecule has 0 radical (unpaired) electrons. The molecule has 3 nitrogen and oxygen atoms in total. The minimum Gasteiger partial charge on any atom is -0.397 e. The molecule has 3 N–H and O–H groups in total. The zero-order chi connectivity index (χ0) is 13.1. The molecule has 0 saturated carbocycles. The predicted octanol–water partition coefficient (Wildman–Crippen LogP) is 3.98. The number of nitrogens with two attached hydrogens (primary N) is 1. The van der Waals surface area contributed by atoms with Gasteiger partial charge in [-0.05, 0) is 37.3 Å². The van der Waals surface area contributed by atoms with Gasteiger partial charge < -0.3 is 11.1 Å². The number of nitrogen functional groups attached to an aromatic ring is 1. The van der Waals surface area contributed by atoms with Gasteiger partial charge in [-0.2, -0.15) is 0 Å². The van der Waals surface area contributed by atoms with Gasteiger partial charge in [-0.1, -0.05) is 28.1 Å². The van der Waals surface area contributed by atoms with Crippen molar-refractivity contribution in [1.29, 1.82) is 0 Å². The normalized spacial score (nSPS) is 10.1. The van der Waals surface area contributed by atoms with E-state index in [0.717, 1.165) is 15.8 Å². The molecule has 0 spiro atoms. The second-order valence-corrected chi connectivity index (χ2v) is 4.91. The van der Waals surface area contributed by atoms with Crippen molar-refractivity contribution in [2.24, 2.45) is 0 Å². The van der Waals surface area contributed by atoms with Crippen molar-refractivity contribution in [3.63, 3.8) is 0 Å². The van der Waals surface area contributed by atoms with Gasteiger partial charge in [0.1, 0.15) is 0 Å². The van der Waals surface area contributed by atoms with Gasteiger partial charge in [0.15, 0.2) is 5.78 Å². The quantitative estimate of drug-likeness (QED) is 0.666. The van der Waals surface area contributed by atoms with E-state index in [1.807, 2.05) is 36.4 Å². The summed E-state index contributed by atoms with van der Waals surface area (Å²) in [4.78, 5) is 11.3. The Balaban J connectivity index is 2.28. The molecule has 2 aromatic carbocycles. The topological polar surface area (TPSA) is 55.1 Å². The van der Waals surface area contributed by atoms with Crippen molar-refractivity contribution < 1.29 is 4.79 Å². The number of nitrogens with one attached hydrogen (secondary N) is 1. The van der Waals surface area contributed by atoms with Crippen LogP contribution in [0.15, 0.2) is 46.9 Å². The molecular formula is C14H13BrN2O. The van der Waals surface area contributed by atoms with E-state index in [9.17, 15) is 4.79 Å². The van der Waals surface area contributed by atoms with Gasteiger partial charge >= 0.3 is 0 Å². The fraction of sp³-hybridized carbons (Fsp3) is 0.0714. The van der Waals surface area contributed by atoms with Gasteiger partial charge in [0.25, 0.3) is 0 Å². The first-order valence-corrected chi connectivity index (χ1v) is 6.28. The van der Waals surface area contributed by atoms with E-state index < -0.39 is 0 Å². The molecule has 0 bridgehead atoms. The van der Waals surface area contributed by atoms with Gasteiger partial charge in [-0.3, -0.25) is 4.79 Å². The minimum absolute atomic E-state index is 0.0439. The molecule has 0 atom stereocenters. The SMILES string of the molecule is CC(=O)c1cccc(Nc2ccc(Br)cc2N)c1. The summed E-state index contributed by atoms with van der Waals surface area (Å²) in [6.07, 6.45) is 0. The maximum absolute atomic E-state index is 11.3. The molecule has 0 fully saturated rings. The van der Waals surface area contributed by atoms with Gasteiger partial charge in [-0.25, -0.2) is 0 Å². The molecule has 0 unspecified atom stereocenters. The number of carbonyl (C=O) groups is 1. The Labute approximate surface area is 114 Å². The van der Waals surface area contributed by atoms with Crippen LogP contribution in [-0.4, -0.2) is 5.78 Å². The predicted molar refractivity (Wildman–Crippen MR) is 78.3 cm³/mol. The lowest BCUT2D eigenvalue weighted by molar-refractivity contribution is 0.101. The van der Waals surface area contributed by atoms with Crippen molar-refractivity contribution in [3.05, 3.63) is 52.5 Å². The third kappa shape index (κ3) is 2.90. The lowest BCUT2D eigenvalue weighted by Crippen LogP contribution is -1.98. The van der Waals surface area contributed by atoms with E-state index in [1.165, 1.54) is 0 Å². The Hall–Kier alpha value is -1.81. The number of ketones is 1. The number of hydrogen-bond donors (Lipinski definition) is 2. The van der Waals surface area contributed by atoms with Crippen LogP contribution in [-0.2, 0) is 0 Å². The summed E-state index contributed by atoms with van der Waals surface area (Å²) in [5.74, 6) is 0.0439. The first-order chi connectivity index (χ1) is 8.56. The van der Waals surface area contributed by atoms with Crippen LogP contribution in [0.1, 0.15) is 17.3 Å². The lowest BCUT2D eigenvalue weighted by Gasteiger charge is -2.10. The fourth-order valence-electron chi connectivity index (χ4n) is 1.62. The van der Waals surface area contributed by atoms with Gasteiger partial charge in [0.05, 0.1) is 11.4 Å². The highest BCUT2D eigenvalue weighted by Crippen LogP contribution is 2.26. The Kier molecular flexibility index (Phi) is 3.67. The van der Waals surface area contributed by atoms with E-state index in [1.54, 1.807) is 13.0 Å². The maximum Gasteiger partial charge on any atom is 0.159 e. The van der Waals surface area contributed by atoms with E-state index in [4.69, 9.17) is 5.73 Å².